The van der Waals surface area contributed by atoms with Gasteiger partial charge in [-0.25, -0.2) is 4.79 Å². The maximum Gasteiger partial charge on any atom is 0.346 e. The third-order valence-electron chi connectivity index (χ3n) is 4.98. The van der Waals surface area contributed by atoms with E-state index in [9.17, 15) is 14.7 Å². The molecule has 3 aromatic rings. The standard InChI is InChI=1S/C22H19NO5S/c1-27-13-8-9-14(16(10-13)28-2)15-11-17(24)23-19-18(12-6-4-3-5-7-12)21(22(25)26)29-20(15)19/h3-10,15H,11H2,1-2H3,(H,23,24)(H,25,26)/t15-/m0/s1. The predicted molar refractivity (Wildman–Crippen MR) is 111 cm³/mol. The van der Waals surface area contributed by atoms with Gasteiger partial charge in [0.25, 0.3) is 0 Å². The first kappa shape index (κ1) is 19.0. The fraction of sp³-hybridized carbons (Fsp3) is 0.182. The molecule has 29 heavy (non-hydrogen) atoms. The zero-order chi connectivity index (χ0) is 20.5. The third-order valence-corrected chi connectivity index (χ3v) is 6.27. The van der Waals surface area contributed by atoms with Crippen LogP contribution in [0.15, 0.2) is 48.5 Å². The number of aromatic carboxylic acids is 1. The molecule has 0 aliphatic carbocycles. The molecule has 2 aromatic carbocycles. The van der Waals surface area contributed by atoms with Gasteiger partial charge in [-0.2, -0.15) is 0 Å². The van der Waals surface area contributed by atoms with E-state index in [1.165, 1.54) is 11.3 Å². The molecule has 7 heteroatoms. The lowest BCUT2D eigenvalue weighted by Crippen LogP contribution is -2.22. The SMILES string of the molecule is COc1ccc([C@@H]2CC(=O)Nc3c2sc(C(=O)O)c3-c2ccccc2)c(OC)c1. The van der Waals surface area contributed by atoms with Crippen LogP contribution in [0, 0.1) is 0 Å². The van der Waals surface area contributed by atoms with Crippen molar-refractivity contribution in [3.8, 4) is 22.6 Å². The van der Waals surface area contributed by atoms with Crippen molar-refractivity contribution in [2.45, 2.75) is 12.3 Å². The number of rotatable bonds is 5. The first-order valence-electron chi connectivity index (χ1n) is 9.00. The Hall–Kier alpha value is -3.32. The van der Waals surface area contributed by atoms with Crippen LogP contribution in [-0.2, 0) is 4.79 Å². The van der Waals surface area contributed by atoms with Gasteiger partial charge < -0.3 is 19.9 Å². The lowest BCUT2D eigenvalue weighted by Gasteiger charge is -2.25. The van der Waals surface area contributed by atoms with Gasteiger partial charge in [0, 0.05) is 34.4 Å². The van der Waals surface area contributed by atoms with Crippen molar-refractivity contribution in [3.05, 3.63) is 63.8 Å². The molecular weight excluding hydrogens is 390 g/mol. The molecule has 6 nitrogen and oxygen atoms in total. The zero-order valence-corrected chi connectivity index (χ0v) is 16.7. The Kier molecular flexibility index (Phi) is 4.98. The molecule has 1 amide bonds. The number of amides is 1. The lowest BCUT2D eigenvalue weighted by molar-refractivity contribution is -0.116. The van der Waals surface area contributed by atoms with Crippen molar-refractivity contribution >= 4 is 28.9 Å². The Labute approximate surface area is 171 Å². The van der Waals surface area contributed by atoms with Gasteiger partial charge in [0.15, 0.2) is 0 Å². The molecule has 0 spiro atoms. The number of thiophene rings is 1. The molecule has 1 aliphatic rings. The van der Waals surface area contributed by atoms with Crippen molar-refractivity contribution in [2.24, 2.45) is 0 Å². The van der Waals surface area contributed by atoms with Crippen LogP contribution in [0.25, 0.3) is 11.1 Å². The Morgan fingerprint density at radius 1 is 1.14 bits per heavy atom. The highest BCUT2D eigenvalue weighted by atomic mass is 32.1. The fourth-order valence-electron chi connectivity index (χ4n) is 3.68. The summed E-state index contributed by atoms with van der Waals surface area (Å²) in [5, 5.41) is 12.7. The third kappa shape index (κ3) is 3.34. The number of carboxylic acids is 1. The zero-order valence-electron chi connectivity index (χ0n) is 15.9. The van der Waals surface area contributed by atoms with Crippen LogP contribution < -0.4 is 14.8 Å². The predicted octanol–water partition coefficient (Wildman–Crippen LogP) is 4.60. The molecule has 1 aliphatic heterocycles. The summed E-state index contributed by atoms with van der Waals surface area (Å²) in [6.45, 7) is 0. The highest BCUT2D eigenvalue weighted by Crippen LogP contribution is 2.51. The molecule has 0 saturated heterocycles. The minimum absolute atomic E-state index is 0.160. The van der Waals surface area contributed by atoms with E-state index in [2.05, 4.69) is 5.32 Å². The van der Waals surface area contributed by atoms with E-state index >= 15 is 0 Å². The maximum atomic E-state index is 12.6. The summed E-state index contributed by atoms with van der Waals surface area (Å²) in [6.07, 6.45) is 0.212. The van der Waals surface area contributed by atoms with Crippen LogP contribution in [0.1, 0.15) is 32.5 Å². The van der Waals surface area contributed by atoms with E-state index in [1.807, 2.05) is 42.5 Å². The molecule has 148 valence electrons. The minimum atomic E-state index is -1.02. The van der Waals surface area contributed by atoms with Gasteiger partial charge >= 0.3 is 5.97 Å². The van der Waals surface area contributed by atoms with Crippen LogP contribution in [0.4, 0.5) is 5.69 Å². The Bertz CT molecular complexity index is 1090. The second-order valence-corrected chi connectivity index (χ2v) is 7.68. The van der Waals surface area contributed by atoms with Crippen LogP contribution in [0.5, 0.6) is 11.5 Å². The summed E-state index contributed by atoms with van der Waals surface area (Å²) in [5.41, 5.74) is 2.69. The van der Waals surface area contributed by atoms with Gasteiger partial charge in [0.1, 0.15) is 16.4 Å². The van der Waals surface area contributed by atoms with Crippen molar-refractivity contribution in [1.82, 2.24) is 0 Å². The minimum Gasteiger partial charge on any atom is -0.497 e. The van der Waals surface area contributed by atoms with Crippen LogP contribution >= 0.6 is 11.3 Å². The number of carbonyl (C=O) groups is 2. The van der Waals surface area contributed by atoms with Crippen LogP contribution in [-0.4, -0.2) is 31.2 Å². The average Bonchev–Trinajstić information content (AvgIpc) is 3.13. The summed E-state index contributed by atoms with van der Waals surface area (Å²) >= 11 is 1.20. The molecule has 0 bridgehead atoms. The second kappa shape index (κ2) is 7.60. The van der Waals surface area contributed by atoms with E-state index in [0.717, 1.165) is 16.0 Å². The number of hydrogen-bond donors (Lipinski definition) is 2. The molecule has 2 heterocycles. The molecule has 0 radical (unpaired) electrons. The van der Waals surface area contributed by atoms with Crippen molar-refractivity contribution in [3.63, 3.8) is 0 Å². The largest absolute Gasteiger partial charge is 0.497 e. The number of hydrogen-bond acceptors (Lipinski definition) is 5. The van der Waals surface area contributed by atoms with Gasteiger partial charge in [0.2, 0.25) is 5.91 Å². The molecule has 0 saturated carbocycles. The molecule has 4 rings (SSSR count). The average molecular weight is 409 g/mol. The summed E-state index contributed by atoms with van der Waals surface area (Å²) in [6, 6.07) is 14.7. The van der Waals surface area contributed by atoms with E-state index in [1.54, 1.807) is 20.3 Å². The smallest absolute Gasteiger partial charge is 0.346 e. The second-order valence-electron chi connectivity index (χ2n) is 6.63. The first-order valence-corrected chi connectivity index (χ1v) is 9.82. The fourth-order valence-corrected chi connectivity index (χ4v) is 4.91. The number of carboxylic acid groups (broad SMARTS) is 1. The monoisotopic (exact) mass is 409 g/mol. The van der Waals surface area contributed by atoms with Gasteiger partial charge in [-0.15, -0.1) is 11.3 Å². The van der Waals surface area contributed by atoms with E-state index in [0.29, 0.717) is 22.7 Å². The van der Waals surface area contributed by atoms with Crippen LogP contribution in [0.3, 0.4) is 0 Å². The van der Waals surface area contributed by atoms with Crippen LogP contribution in [0.2, 0.25) is 0 Å². The lowest BCUT2D eigenvalue weighted by atomic mass is 9.88. The van der Waals surface area contributed by atoms with E-state index in [-0.39, 0.29) is 23.1 Å². The highest BCUT2D eigenvalue weighted by Gasteiger charge is 2.35. The summed E-state index contributed by atoms with van der Waals surface area (Å²) in [4.78, 5) is 25.6. The van der Waals surface area contributed by atoms with Gasteiger partial charge in [0.05, 0.1) is 19.9 Å². The van der Waals surface area contributed by atoms with Crippen molar-refractivity contribution in [2.75, 3.05) is 19.5 Å². The number of fused-ring (bicyclic) bond motifs is 1. The molecular formula is C22H19NO5S. The van der Waals surface area contributed by atoms with Crippen molar-refractivity contribution in [1.29, 1.82) is 0 Å². The Morgan fingerprint density at radius 2 is 1.90 bits per heavy atom. The normalized spacial score (nSPS) is 15.4. The van der Waals surface area contributed by atoms with E-state index < -0.39 is 5.97 Å². The summed E-state index contributed by atoms with van der Waals surface area (Å²) < 4.78 is 10.8. The number of benzene rings is 2. The molecule has 1 aromatic heterocycles. The van der Waals surface area contributed by atoms with E-state index in [4.69, 9.17) is 9.47 Å². The van der Waals surface area contributed by atoms with Gasteiger partial charge in [-0.05, 0) is 11.6 Å². The molecule has 0 unspecified atom stereocenters. The topological polar surface area (TPSA) is 84.9 Å². The number of ether oxygens (including phenoxy) is 2. The number of anilines is 1. The molecule has 0 fully saturated rings. The number of nitrogens with one attached hydrogen (secondary N) is 1. The summed E-state index contributed by atoms with van der Waals surface area (Å²) in [7, 11) is 3.14. The maximum absolute atomic E-state index is 12.6. The number of methoxy groups -OCH3 is 2. The Balaban J connectivity index is 1.93. The van der Waals surface area contributed by atoms with Gasteiger partial charge in [-0.1, -0.05) is 36.4 Å². The molecule has 2 N–H and O–H groups in total. The summed E-state index contributed by atoms with van der Waals surface area (Å²) in [5.74, 6) is -0.236. The van der Waals surface area contributed by atoms with Gasteiger partial charge in [-0.3, -0.25) is 4.79 Å². The number of carbonyl (C=O) groups excluding carboxylic acids is 1. The highest BCUT2D eigenvalue weighted by molar-refractivity contribution is 7.15. The Morgan fingerprint density at radius 3 is 2.55 bits per heavy atom. The molecule has 1 atom stereocenters. The first-order chi connectivity index (χ1) is 14.0. The quantitative estimate of drug-likeness (QED) is 0.643. The van der Waals surface area contributed by atoms with Crippen molar-refractivity contribution < 1.29 is 24.2 Å².